The van der Waals surface area contributed by atoms with Gasteiger partial charge in [0.25, 0.3) is 0 Å². The van der Waals surface area contributed by atoms with Crippen LogP contribution in [-0.2, 0) is 0 Å². The predicted molar refractivity (Wildman–Crippen MR) is 71.9 cm³/mol. The molecule has 0 spiro atoms. The maximum absolute atomic E-state index is 12.2. The summed E-state index contributed by atoms with van der Waals surface area (Å²) < 4.78 is 28.7. The van der Waals surface area contributed by atoms with E-state index < -0.39 is 6.61 Å². The molecule has 1 rings (SSSR count). The first-order valence-corrected chi connectivity index (χ1v) is 6.68. The molecule has 0 bridgehead atoms. The maximum Gasteiger partial charge on any atom is 0.387 e. The van der Waals surface area contributed by atoms with Crippen LogP contribution < -0.4 is 16.0 Å². The predicted octanol–water partition coefficient (Wildman–Crippen LogP) is 3.76. The molecule has 3 N–H and O–H groups in total. The number of hydrazine groups is 1. The Bertz CT molecular complexity index is 361. The van der Waals surface area contributed by atoms with Crippen molar-refractivity contribution in [1.82, 2.24) is 5.43 Å². The van der Waals surface area contributed by atoms with Gasteiger partial charge in [-0.25, -0.2) is 0 Å². The number of hydrogen-bond donors (Lipinski definition) is 2. The molecule has 0 aliphatic carbocycles. The van der Waals surface area contributed by atoms with Crippen molar-refractivity contribution in [2.24, 2.45) is 5.84 Å². The van der Waals surface area contributed by atoms with Crippen LogP contribution in [0.5, 0.6) is 5.75 Å². The summed E-state index contributed by atoms with van der Waals surface area (Å²) >= 11 is 0. The van der Waals surface area contributed by atoms with E-state index in [-0.39, 0.29) is 11.8 Å². The van der Waals surface area contributed by atoms with Gasteiger partial charge in [0.2, 0.25) is 0 Å². The molecule has 0 aromatic heterocycles. The molecule has 1 aromatic rings. The Morgan fingerprint density at radius 1 is 1.26 bits per heavy atom. The van der Waals surface area contributed by atoms with E-state index in [1.807, 2.05) is 6.07 Å². The van der Waals surface area contributed by atoms with Crippen LogP contribution in [0.4, 0.5) is 8.78 Å². The summed E-state index contributed by atoms with van der Waals surface area (Å²) in [5.41, 5.74) is 3.61. The fourth-order valence-corrected chi connectivity index (χ4v) is 2.03. The Balaban J connectivity index is 2.59. The number of halogens is 2. The quantitative estimate of drug-likeness (QED) is 0.409. The highest BCUT2D eigenvalue weighted by Gasteiger charge is 2.11. The summed E-state index contributed by atoms with van der Waals surface area (Å²) in [6, 6.07) is 6.65. The second kappa shape index (κ2) is 8.82. The number of nitrogens with one attached hydrogen (secondary N) is 1. The van der Waals surface area contributed by atoms with E-state index in [1.165, 1.54) is 18.9 Å². The Labute approximate surface area is 113 Å². The van der Waals surface area contributed by atoms with Crippen molar-refractivity contribution >= 4 is 0 Å². The third kappa shape index (κ3) is 5.98. The minimum Gasteiger partial charge on any atom is -0.435 e. The summed E-state index contributed by atoms with van der Waals surface area (Å²) in [5, 5.41) is 0. The number of benzene rings is 1. The first-order chi connectivity index (χ1) is 9.17. The van der Waals surface area contributed by atoms with Crippen LogP contribution in [0.3, 0.4) is 0 Å². The molecule has 0 amide bonds. The molecule has 1 unspecified atom stereocenters. The van der Waals surface area contributed by atoms with Gasteiger partial charge in [0.15, 0.2) is 0 Å². The molecular weight excluding hydrogens is 250 g/mol. The van der Waals surface area contributed by atoms with E-state index in [4.69, 9.17) is 5.84 Å². The van der Waals surface area contributed by atoms with Crippen molar-refractivity contribution in [2.75, 3.05) is 0 Å². The first-order valence-electron chi connectivity index (χ1n) is 6.68. The average molecular weight is 272 g/mol. The van der Waals surface area contributed by atoms with Crippen LogP contribution in [0.15, 0.2) is 24.3 Å². The Kier molecular flexibility index (Phi) is 7.36. The van der Waals surface area contributed by atoms with E-state index in [9.17, 15) is 8.78 Å². The number of rotatable bonds is 9. The molecule has 0 aliphatic heterocycles. The van der Waals surface area contributed by atoms with Crippen LogP contribution in [0, 0.1) is 0 Å². The van der Waals surface area contributed by atoms with Gasteiger partial charge in [-0.15, -0.1) is 0 Å². The van der Waals surface area contributed by atoms with Gasteiger partial charge in [-0.3, -0.25) is 11.3 Å². The molecule has 1 atom stereocenters. The van der Waals surface area contributed by atoms with Crippen molar-refractivity contribution in [2.45, 2.75) is 51.7 Å². The van der Waals surface area contributed by atoms with Crippen molar-refractivity contribution in [3.63, 3.8) is 0 Å². The lowest BCUT2D eigenvalue weighted by atomic mass is 10.0. The topological polar surface area (TPSA) is 47.3 Å². The largest absolute Gasteiger partial charge is 0.435 e. The zero-order valence-corrected chi connectivity index (χ0v) is 11.2. The number of unbranched alkanes of at least 4 members (excludes halogenated alkanes) is 3. The monoisotopic (exact) mass is 272 g/mol. The third-order valence-electron chi connectivity index (χ3n) is 3.03. The molecule has 0 saturated carbocycles. The van der Waals surface area contributed by atoms with Crippen molar-refractivity contribution in [3.05, 3.63) is 29.8 Å². The van der Waals surface area contributed by atoms with Gasteiger partial charge in [-0.05, 0) is 24.1 Å². The van der Waals surface area contributed by atoms with Crippen molar-refractivity contribution in [1.29, 1.82) is 0 Å². The Morgan fingerprint density at radius 2 is 2.05 bits per heavy atom. The summed E-state index contributed by atoms with van der Waals surface area (Å²) in [7, 11) is 0. The molecule has 0 radical (unpaired) electrons. The smallest absolute Gasteiger partial charge is 0.387 e. The molecule has 3 nitrogen and oxygen atoms in total. The average Bonchev–Trinajstić information content (AvgIpc) is 2.38. The Morgan fingerprint density at radius 3 is 2.68 bits per heavy atom. The van der Waals surface area contributed by atoms with E-state index >= 15 is 0 Å². The lowest BCUT2D eigenvalue weighted by Crippen LogP contribution is -2.28. The van der Waals surface area contributed by atoms with E-state index in [1.54, 1.807) is 12.1 Å². The normalized spacial score (nSPS) is 12.7. The molecule has 1 aromatic carbocycles. The van der Waals surface area contributed by atoms with Gasteiger partial charge in [-0.2, -0.15) is 8.78 Å². The molecular formula is C14H22F2N2O. The fraction of sp³-hybridized carbons (Fsp3) is 0.571. The SMILES string of the molecule is CCCCCCC(NN)c1cccc(OC(F)F)c1. The summed E-state index contributed by atoms with van der Waals surface area (Å²) in [4.78, 5) is 0. The van der Waals surface area contributed by atoms with E-state index in [2.05, 4.69) is 17.1 Å². The van der Waals surface area contributed by atoms with E-state index in [0.717, 1.165) is 24.8 Å². The van der Waals surface area contributed by atoms with Crippen LogP contribution in [0.25, 0.3) is 0 Å². The first kappa shape index (κ1) is 15.9. The van der Waals surface area contributed by atoms with Gasteiger partial charge >= 0.3 is 6.61 Å². The second-order valence-corrected chi connectivity index (χ2v) is 4.52. The summed E-state index contributed by atoms with van der Waals surface area (Å²) in [6.45, 7) is -0.645. The summed E-state index contributed by atoms with van der Waals surface area (Å²) in [5.74, 6) is 5.70. The highest BCUT2D eigenvalue weighted by atomic mass is 19.3. The van der Waals surface area contributed by atoms with Gasteiger partial charge in [0.05, 0.1) is 0 Å². The number of ether oxygens (including phenoxy) is 1. The number of alkyl halides is 2. The third-order valence-corrected chi connectivity index (χ3v) is 3.03. The zero-order valence-electron chi connectivity index (χ0n) is 11.2. The van der Waals surface area contributed by atoms with E-state index in [0.29, 0.717) is 0 Å². The van der Waals surface area contributed by atoms with Gasteiger partial charge in [-0.1, -0.05) is 44.7 Å². The van der Waals surface area contributed by atoms with Crippen molar-refractivity contribution < 1.29 is 13.5 Å². The molecule has 0 fully saturated rings. The zero-order chi connectivity index (χ0) is 14.1. The highest BCUT2D eigenvalue weighted by molar-refractivity contribution is 5.30. The lowest BCUT2D eigenvalue weighted by Gasteiger charge is -2.17. The molecule has 0 saturated heterocycles. The van der Waals surface area contributed by atoms with Gasteiger partial charge in [0.1, 0.15) is 5.75 Å². The number of hydrogen-bond acceptors (Lipinski definition) is 3. The molecule has 19 heavy (non-hydrogen) atoms. The summed E-state index contributed by atoms with van der Waals surface area (Å²) in [6.07, 6.45) is 5.48. The minimum absolute atomic E-state index is 0.0296. The van der Waals surface area contributed by atoms with Crippen LogP contribution in [-0.4, -0.2) is 6.61 Å². The number of nitrogens with two attached hydrogens (primary N) is 1. The van der Waals surface area contributed by atoms with Crippen LogP contribution in [0.2, 0.25) is 0 Å². The standard InChI is InChI=1S/C14H22F2N2O/c1-2-3-4-5-9-13(18-17)11-7-6-8-12(10-11)19-14(15)16/h6-8,10,13-14,18H,2-5,9,17H2,1H3. The van der Waals surface area contributed by atoms with Crippen LogP contribution >= 0.6 is 0 Å². The molecule has 108 valence electrons. The highest BCUT2D eigenvalue weighted by Crippen LogP contribution is 2.24. The maximum atomic E-state index is 12.2. The lowest BCUT2D eigenvalue weighted by molar-refractivity contribution is -0.0499. The van der Waals surface area contributed by atoms with Crippen molar-refractivity contribution in [3.8, 4) is 5.75 Å². The molecule has 5 heteroatoms. The Hall–Kier alpha value is -1.20. The van der Waals surface area contributed by atoms with Gasteiger partial charge in [0, 0.05) is 6.04 Å². The fourth-order valence-electron chi connectivity index (χ4n) is 2.03. The van der Waals surface area contributed by atoms with Gasteiger partial charge < -0.3 is 4.74 Å². The van der Waals surface area contributed by atoms with Crippen LogP contribution in [0.1, 0.15) is 50.6 Å². The second-order valence-electron chi connectivity index (χ2n) is 4.52. The minimum atomic E-state index is -2.80. The molecule has 0 heterocycles. The molecule has 0 aliphatic rings.